The lowest BCUT2D eigenvalue weighted by molar-refractivity contribution is 0.1000. The van der Waals surface area contributed by atoms with Gasteiger partial charge in [0.25, 0.3) is 0 Å². The maximum atomic E-state index is 5.57. The monoisotopic (exact) mass is 298 g/mol. The van der Waals surface area contributed by atoms with E-state index in [4.69, 9.17) is 9.47 Å². The van der Waals surface area contributed by atoms with E-state index in [1.807, 2.05) is 18.3 Å². The summed E-state index contributed by atoms with van der Waals surface area (Å²) in [6, 6.07) is 12.6. The molecule has 0 spiro atoms. The van der Waals surface area contributed by atoms with Crippen molar-refractivity contribution in [2.45, 2.75) is 19.0 Å². The maximum absolute atomic E-state index is 5.57. The zero-order chi connectivity index (χ0) is 15.4. The van der Waals surface area contributed by atoms with Crippen LogP contribution in [-0.2, 0) is 17.7 Å². The summed E-state index contributed by atoms with van der Waals surface area (Å²) < 4.78 is 11.0. The number of aromatic nitrogens is 1. The van der Waals surface area contributed by atoms with Crippen molar-refractivity contribution in [2.75, 3.05) is 27.4 Å². The highest BCUT2D eigenvalue weighted by molar-refractivity contribution is 5.39. The molecule has 0 amide bonds. The number of pyridine rings is 1. The number of benzene rings is 1. The van der Waals surface area contributed by atoms with Crippen LogP contribution in [0.25, 0.3) is 0 Å². The molecule has 0 fully saturated rings. The summed E-state index contributed by atoms with van der Waals surface area (Å²) in [6.07, 6.45) is 2.84. The predicted octanol–water partition coefficient (Wildman–Crippen LogP) is 2.84. The van der Waals surface area contributed by atoms with E-state index in [9.17, 15) is 0 Å². The third-order valence-corrected chi connectivity index (χ3v) is 4.07. The summed E-state index contributed by atoms with van der Waals surface area (Å²) in [6.45, 7) is 2.29. The fourth-order valence-electron chi connectivity index (χ4n) is 2.91. The highest BCUT2D eigenvalue weighted by Gasteiger charge is 2.19. The molecule has 0 saturated carbocycles. The van der Waals surface area contributed by atoms with Gasteiger partial charge in [0.15, 0.2) is 0 Å². The number of hydrogen-bond acceptors (Lipinski definition) is 4. The van der Waals surface area contributed by atoms with Gasteiger partial charge in [0.2, 0.25) is 0 Å². The average Bonchev–Trinajstić information content (AvgIpc) is 3.01. The van der Waals surface area contributed by atoms with Gasteiger partial charge in [0.1, 0.15) is 5.75 Å². The summed E-state index contributed by atoms with van der Waals surface area (Å²) >= 11 is 0. The number of hydrogen-bond donors (Lipinski definition) is 0. The second kappa shape index (κ2) is 6.90. The first-order valence-corrected chi connectivity index (χ1v) is 7.62. The van der Waals surface area contributed by atoms with Gasteiger partial charge in [0.05, 0.1) is 24.9 Å². The molecule has 0 aliphatic carbocycles. The molecule has 0 N–H and O–H groups in total. The Kier molecular flexibility index (Phi) is 4.71. The Balaban J connectivity index is 1.75. The van der Waals surface area contributed by atoms with Gasteiger partial charge in [-0.05, 0) is 36.4 Å². The van der Waals surface area contributed by atoms with Crippen molar-refractivity contribution in [3.63, 3.8) is 0 Å². The van der Waals surface area contributed by atoms with Gasteiger partial charge in [-0.1, -0.05) is 18.2 Å². The van der Waals surface area contributed by atoms with Gasteiger partial charge in [-0.25, -0.2) is 0 Å². The Hall–Kier alpha value is -1.91. The number of nitrogens with zero attached hydrogens (tertiary/aromatic N) is 2. The van der Waals surface area contributed by atoms with Crippen LogP contribution in [0.15, 0.2) is 42.6 Å². The average molecular weight is 298 g/mol. The minimum absolute atomic E-state index is 0.149. The van der Waals surface area contributed by atoms with Crippen LogP contribution in [0, 0.1) is 0 Å². The molecule has 1 aromatic carbocycles. The van der Waals surface area contributed by atoms with Crippen LogP contribution in [-0.4, -0.2) is 37.3 Å². The van der Waals surface area contributed by atoms with Crippen LogP contribution in [0.2, 0.25) is 0 Å². The minimum atomic E-state index is 0.149. The normalized spacial score (nSPS) is 14.7. The van der Waals surface area contributed by atoms with Gasteiger partial charge in [-0.3, -0.25) is 9.88 Å². The molecule has 0 saturated heterocycles. The van der Waals surface area contributed by atoms with E-state index in [0.29, 0.717) is 6.61 Å². The van der Waals surface area contributed by atoms with E-state index in [2.05, 4.69) is 41.2 Å². The molecule has 1 atom stereocenters. The van der Waals surface area contributed by atoms with Gasteiger partial charge in [-0.15, -0.1) is 0 Å². The molecule has 1 aliphatic heterocycles. The number of fused-ring (bicyclic) bond motifs is 1. The minimum Gasteiger partial charge on any atom is -0.493 e. The Bertz CT molecular complexity index is 616. The van der Waals surface area contributed by atoms with Crippen LogP contribution in [0.5, 0.6) is 5.75 Å². The van der Waals surface area contributed by atoms with Crippen molar-refractivity contribution in [2.24, 2.45) is 0 Å². The fourth-order valence-corrected chi connectivity index (χ4v) is 2.91. The third-order valence-electron chi connectivity index (χ3n) is 4.07. The lowest BCUT2D eigenvalue weighted by Gasteiger charge is -2.27. The topological polar surface area (TPSA) is 34.6 Å². The first-order chi connectivity index (χ1) is 10.8. The molecule has 116 valence electrons. The Labute approximate surface area is 131 Å². The Morgan fingerprint density at radius 3 is 3.00 bits per heavy atom. The number of rotatable bonds is 6. The summed E-state index contributed by atoms with van der Waals surface area (Å²) in [4.78, 5) is 6.76. The predicted molar refractivity (Wildman–Crippen MR) is 86.0 cm³/mol. The first-order valence-electron chi connectivity index (χ1n) is 7.62. The molecule has 4 nitrogen and oxygen atoms in total. The lowest BCUT2D eigenvalue weighted by Crippen LogP contribution is -2.28. The first kappa shape index (κ1) is 15.0. The quantitative estimate of drug-likeness (QED) is 0.821. The SMILES string of the molecule is COCC(c1ccccn1)N(C)Cc1ccc2c(c1)CCO2. The van der Waals surface area contributed by atoms with Crippen molar-refractivity contribution in [1.29, 1.82) is 0 Å². The molecule has 3 rings (SSSR count). The highest BCUT2D eigenvalue weighted by Crippen LogP contribution is 2.27. The van der Waals surface area contributed by atoms with Crippen molar-refractivity contribution >= 4 is 0 Å². The summed E-state index contributed by atoms with van der Waals surface area (Å²) in [5, 5.41) is 0. The van der Waals surface area contributed by atoms with Crippen LogP contribution < -0.4 is 4.74 Å². The number of ether oxygens (including phenoxy) is 2. The lowest BCUT2D eigenvalue weighted by atomic mass is 10.1. The molecule has 2 aromatic rings. The van der Waals surface area contributed by atoms with E-state index >= 15 is 0 Å². The molecule has 22 heavy (non-hydrogen) atoms. The second-order valence-electron chi connectivity index (χ2n) is 5.68. The molecule has 0 radical (unpaired) electrons. The van der Waals surface area contributed by atoms with E-state index in [-0.39, 0.29) is 6.04 Å². The van der Waals surface area contributed by atoms with Crippen LogP contribution in [0.4, 0.5) is 0 Å². The van der Waals surface area contributed by atoms with Crippen molar-refractivity contribution in [3.05, 3.63) is 59.4 Å². The Morgan fingerprint density at radius 2 is 2.23 bits per heavy atom. The standard InChI is InChI=1S/C18H22N2O2/c1-20(17(13-21-2)16-5-3-4-9-19-16)12-14-6-7-18-15(11-14)8-10-22-18/h3-7,9,11,17H,8,10,12-13H2,1-2H3. The molecular weight excluding hydrogens is 276 g/mol. The molecule has 1 aliphatic rings. The smallest absolute Gasteiger partial charge is 0.122 e. The van der Waals surface area contributed by atoms with E-state index < -0.39 is 0 Å². The molecule has 1 unspecified atom stereocenters. The van der Waals surface area contributed by atoms with Crippen LogP contribution in [0.1, 0.15) is 22.9 Å². The van der Waals surface area contributed by atoms with Crippen LogP contribution in [0.3, 0.4) is 0 Å². The molecular formula is C18H22N2O2. The van der Waals surface area contributed by atoms with Crippen molar-refractivity contribution in [1.82, 2.24) is 9.88 Å². The molecule has 2 heterocycles. The molecule has 1 aromatic heterocycles. The largest absolute Gasteiger partial charge is 0.493 e. The summed E-state index contributed by atoms with van der Waals surface area (Å²) in [5.74, 6) is 1.03. The number of likely N-dealkylation sites (N-methyl/N-ethyl adjacent to an activating group) is 1. The molecule has 4 heteroatoms. The van der Waals surface area contributed by atoms with Crippen molar-refractivity contribution < 1.29 is 9.47 Å². The summed E-state index contributed by atoms with van der Waals surface area (Å²) in [5.41, 5.74) is 3.65. The third kappa shape index (κ3) is 3.29. The maximum Gasteiger partial charge on any atom is 0.122 e. The van der Waals surface area contributed by atoms with E-state index in [0.717, 1.165) is 31.0 Å². The zero-order valence-electron chi connectivity index (χ0n) is 13.2. The summed E-state index contributed by atoms with van der Waals surface area (Å²) in [7, 11) is 3.85. The van der Waals surface area contributed by atoms with E-state index in [1.165, 1.54) is 11.1 Å². The van der Waals surface area contributed by atoms with Gasteiger partial charge >= 0.3 is 0 Å². The van der Waals surface area contributed by atoms with Gasteiger partial charge < -0.3 is 9.47 Å². The number of methoxy groups -OCH3 is 1. The highest BCUT2D eigenvalue weighted by atomic mass is 16.5. The second-order valence-corrected chi connectivity index (χ2v) is 5.68. The molecule has 0 bridgehead atoms. The van der Waals surface area contributed by atoms with Crippen molar-refractivity contribution in [3.8, 4) is 5.75 Å². The Morgan fingerprint density at radius 1 is 1.32 bits per heavy atom. The van der Waals surface area contributed by atoms with Crippen LogP contribution >= 0.6 is 0 Å². The van der Waals surface area contributed by atoms with Gasteiger partial charge in [0, 0.05) is 26.3 Å². The zero-order valence-corrected chi connectivity index (χ0v) is 13.2. The van der Waals surface area contributed by atoms with Gasteiger partial charge in [-0.2, -0.15) is 0 Å². The fraction of sp³-hybridized carbons (Fsp3) is 0.389. The van der Waals surface area contributed by atoms with E-state index in [1.54, 1.807) is 7.11 Å².